The largest absolute Gasteiger partial charge is 0.481 e. The monoisotopic (exact) mass is 349 g/mol. The summed E-state index contributed by atoms with van der Waals surface area (Å²) in [5, 5.41) is 9.01. The molecule has 2 aromatic rings. The van der Waals surface area contributed by atoms with Crippen molar-refractivity contribution in [2.24, 2.45) is 5.92 Å². The van der Waals surface area contributed by atoms with Gasteiger partial charge >= 0.3 is 12.1 Å². The third-order valence-corrected chi connectivity index (χ3v) is 4.18. The van der Waals surface area contributed by atoms with E-state index in [2.05, 4.69) is 0 Å². The van der Waals surface area contributed by atoms with Crippen LogP contribution in [0.3, 0.4) is 0 Å². The summed E-state index contributed by atoms with van der Waals surface area (Å²) in [7, 11) is 0. The molecule has 0 bridgehead atoms. The minimum atomic E-state index is -4.41. The van der Waals surface area contributed by atoms with Crippen LogP contribution in [0, 0.1) is 5.92 Å². The van der Waals surface area contributed by atoms with Crippen LogP contribution >= 0.6 is 0 Å². The minimum absolute atomic E-state index is 0.0509. The number of hydrogen-bond donors (Lipinski definition) is 1. The maximum atomic E-state index is 12.8. The number of aliphatic carboxylic acids is 1. The molecule has 25 heavy (non-hydrogen) atoms. The molecule has 1 saturated heterocycles. The number of nitrogens with zero attached hydrogens (tertiary/aromatic N) is 1. The molecule has 2 aromatic carbocycles. The van der Waals surface area contributed by atoms with Gasteiger partial charge in [-0.05, 0) is 35.4 Å². The third-order valence-electron chi connectivity index (χ3n) is 4.18. The zero-order chi connectivity index (χ0) is 18.2. The molecule has 1 fully saturated rings. The van der Waals surface area contributed by atoms with Gasteiger partial charge in [-0.1, -0.05) is 24.3 Å². The fourth-order valence-corrected chi connectivity index (χ4v) is 2.83. The summed E-state index contributed by atoms with van der Waals surface area (Å²) in [5.74, 6) is -2.04. The Morgan fingerprint density at radius 3 is 2.32 bits per heavy atom. The van der Waals surface area contributed by atoms with Gasteiger partial charge in [0.15, 0.2) is 0 Å². The van der Waals surface area contributed by atoms with Gasteiger partial charge < -0.3 is 10.0 Å². The average molecular weight is 349 g/mol. The van der Waals surface area contributed by atoms with Crippen LogP contribution < -0.4 is 4.90 Å². The number of carbonyl (C=O) groups excluding carboxylic acids is 1. The first-order chi connectivity index (χ1) is 11.8. The number of hydrogen-bond acceptors (Lipinski definition) is 2. The fourth-order valence-electron chi connectivity index (χ4n) is 2.83. The molecule has 0 saturated carbocycles. The van der Waals surface area contributed by atoms with Crippen molar-refractivity contribution in [1.82, 2.24) is 0 Å². The number of alkyl halides is 3. The summed E-state index contributed by atoms with van der Waals surface area (Å²) < 4.78 is 38.4. The number of anilines is 1. The molecule has 3 rings (SSSR count). The molecule has 1 amide bonds. The normalized spacial score (nSPS) is 17.8. The van der Waals surface area contributed by atoms with Gasteiger partial charge in [-0.2, -0.15) is 13.2 Å². The van der Waals surface area contributed by atoms with E-state index < -0.39 is 23.6 Å². The number of halogens is 3. The second-order valence-electron chi connectivity index (χ2n) is 5.87. The molecule has 0 radical (unpaired) electrons. The Balaban J connectivity index is 1.84. The smallest absolute Gasteiger partial charge is 0.416 e. The summed E-state index contributed by atoms with van der Waals surface area (Å²) in [5.41, 5.74) is 0.798. The van der Waals surface area contributed by atoms with Gasteiger partial charge in [-0.3, -0.25) is 9.59 Å². The summed E-state index contributed by atoms with van der Waals surface area (Å²) >= 11 is 0. The molecular weight excluding hydrogens is 335 g/mol. The molecule has 1 aliphatic rings. The number of amides is 1. The van der Waals surface area contributed by atoms with Gasteiger partial charge in [-0.25, -0.2) is 0 Å². The quantitative estimate of drug-likeness (QED) is 0.917. The molecule has 0 aromatic heterocycles. The molecule has 1 unspecified atom stereocenters. The molecule has 1 N–H and O–H groups in total. The van der Waals surface area contributed by atoms with Crippen molar-refractivity contribution in [3.8, 4) is 11.1 Å². The van der Waals surface area contributed by atoms with E-state index in [1.165, 1.54) is 11.0 Å². The number of benzene rings is 2. The lowest BCUT2D eigenvalue weighted by Crippen LogP contribution is -2.25. The van der Waals surface area contributed by atoms with Crippen molar-refractivity contribution in [3.05, 3.63) is 54.1 Å². The van der Waals surface area contributed by atoms with E-state index in [4.69, 9.17) is 5.11 Å². The van der Waals surface area contributed by atoms with Gasteiger partial charge in [0.05, 0.1) is 11.5 Å². The van der Waals surface area contributed by atoms with E-state index in [0.29, 0.717) is 16.8 Å². The van der Waals surface area contributed by atoms with Crippen LogP contribution in [-0.2, 0) is 15.8 Å². The second-order valence-corrected chi connectivity index (χ2v) is 5.87. The Kier molecular flexibility index (Phi) is 4.24. The van der Waals surface area contributed by atoms with Crippen LogP contribution in [0.4, 0.5) is 18.9 Å². The van der Waals surface area contributed by atoms with Gasteiger partial charge in [0.1, 0.15) is 0 Å². The Bertz CT molecular complexity index is 815. The van der Waals surface area contributed by atoms with E-state index in [-0.39, 0.29) is 18.9 Å². The first kappa shape index (κ1) is 17.0. The van der Waals surface area contributed by atoms with Crippen LogP contribution in [0.1, 0.15) is 12.0 Å². The van der Waals surface area contributed by atoms with E-state index in [1.54, 1.807) is 30.3 Å². The molecule has 1 heterocycles. The highest BCUT2D eigenvalue weighted by Crippen LogP contribution is 2.33. The molecule has 1 aliphatic heterocycles. The Morgan fingerprint density at radius 2 is 1.76 bits per heavy atom. The van der Waals surface area contributed by atoms with Crippen molar-refractivity contribution < 1.29 is 27.9 Å². The van der Waals surface area contributed by atoms with Gasteiger partial charge in [0, 0.05) is 18.7 Å². The van der Waals surface area contributed by atoms with Crippen molar-refractivity contribution in [2.45, 2.75) is 12.6 Å². The van der Waals surface area contributed by atoms with Crippen LogP contribution in [-0.4, -0.2) is 23.5 Å². The molecule has 4 nitrogen and oxygen atoms in total. The van der Waals surface area contributed by atoms with Gasteiger partial charge in [0.25, 0.3) is 0 Å². The summed E-state index contributed by atoms with van der Waals surface area (Å²) in [6.45, 7) is 0.0943. The Labute approximate surface area is 141 Å². The standard InChI is InChI=1S/C18H14F3NO3/c19-18(20,21)14-3-1-2-12(8-14)11-4-6-15(7-5-11)22-10-13(17(24)25)9-16(22)23/h1-8,13H,9-10H2,(H,24,25). The van der Waals surface area contributed by atoms with Crippen LogP contribution in [0.15, 0.2) is 48.5 Å². The van der Waals surface area contributed by atoms with Crippen LogP contribution in [0.5, 0.6) is 0 Å². The van der Waals surface area contributed by atoms with Crippen LogP contribution in [0.2, 0.25) is 0 Å². The molecule has 1 atom stereocenters. The molecule has 0 aliphatic carbocycles. The summed E-state index contributed by atoms with van der Waals surface area (Å²) in [6.07, 6.45) is -4.46. The minimum Gasteiger partial charge on any atom is -0.481 e. The van der Waals surface area contributed by atoms with Gasteiger partial charge in [0.2, 0.25) is 5.91 Å². The highest BCUT2D eigenvalue weighted by molar-refractivity contribution is 5.99. The predicted molar refractivity (Wildman–Crippen MR) is 85.0 cm³/mol. The van der Waals surface area contributed by atoms with E-state index in [0.717, 1.165) is 12.1 Å². The van der Waals surface area contributed by atoms with Crippen molar-refractivity contribution in [2.75, 3.05) is 11.4 Å². The number of carbonyl (C=O) groups is 2. The summed E-state index contributed by atoms with van der Waals surface area (Å²) in [6, 6.07) is 11.4. The lowest BCUT2D eigenvalue weighted by molar-refractivity contribution is -0.141. The van der Waals surface area contributed by atoms with E-state index in [9.17, 15) is 22.8 Å². The topological polar surface area (TPSA) is 57.6 Å². The van der Waals surface area contributed by atoms with Gasteiger partial charge in [-0.15, -0.1) is 0 Å². The highest BCUT2D eigenvalue weighted by Gasteiger charge is 2.35. The molecule has 7 heteroatoms. The maximum Gasteiger partial charge on any atom is 0.416 e. The second kappa shape index (κ2) is 6.23. The third kappa shape index (κ3) is 3.50. The zero-order valence-corrected chi connectivity index (χ0v) is 13.0. The highest BCUT2D eigenvalue weighted by atomic mass is 19.4. The molecular formula is C18H14F3NO3. The lowest BCUT2D eigenvalue weighted by Gasteiger charge is -2.16. The van der Waals surface area contributed by atoms with Crippen molar-refractivity contribution in [1.29, 1.82) is 0 Å². The Morgan fingerprint density at radius 1 is 1.08 bits per heavy atom. The van der Waals surface area contributed by atoms with Crippen molar-refractivity contribution in [3.63, 3.8) is 0 Å². The van der Waals surface area contributed by atoms with Crippen molar-refractivity contribution >= 4 is 17.6 Å². The molecule has 0 spiro atoms. The Hall–Kier alpha value is -2.83. The average Bonchev–Trinajstić information content (AvgIpc) is 2.96. The molecule has 130 valence electrons. The zero-order valence-electron chi connectivity index (χ0n) is 13.0. The SMILES string of the molecule is O=C(O)C1CC(=O)N(c2ccc(-c3cccc(C(F)(F)F)c3)cc2)C1. The van der Waals surface area contributed by atoms with E-state index >= 15 is 0 Å². The maximum absolute atomic E-state index is 12.8. The number of carboxylic acid groups (broad SMARTS) is 1. The lowest BCUT2D eigenvalue weighted by atomic mass is 10.0. The van der Waals surface area contributed by atoms with E-state index in [1.807, 2.05) is 0 Å². The fraction of sp³-hybridized carbons (Fsp3) is 0.222. The van der Waals surface area contributed by atoms with Crippen LogP contribution in [0.25, 0.3) is 11.1 Å². The summed E-state index contributed by atoms with van der Waals surface area (Å²) in [4.78, 5) is 24.3. The predicted octanol–water partition coefficient (Wildman–Crippen LogP) is 3.81. The first-order valence-electron chi connectivity index (χ1n) is 7.56. The number of rotatable bonds is 3. The number of carboxylic acids is 1. The first-order valence-corrected chi connectivity index (χ1v) is 7.56.